The number of benzene rings is 2. The summed E-state index contributed by atoms with van der Waals surface area (Å²) in [5.41, 5.74) is 2.46. The molecule has 1 heterocycles. The summed E-state index contributed by atoms with van der Waals surface area (Å²) in [4.78, 5) is 4.54. The van der Waals surface area contributed by atoms with Crippen molar-refractivity contribution in [1.29, 1.82) is 5.26 Å². The van der Waals surface area contributed by atoms with Crippen molar-refractivity contribution < 1.29 is 9.13 Å². The van der Waals surface area contributed by atoms with Crippen molar-refractivity contribution in [3.63, 3.8) is 0 Å². The van der Waals surface area contributed by atoms with Gasteiger partial charge < -0.3 is 9.64 Å². The van der Waals surface area contributed by atoms with Crippen molar-refractivity contribution in [1.82, 2.24) is 4.90 Å². The molecule has 0 aromatic heterocycles. The van der Waals surface area contributed by atoms with Crippen molar-refractivity contribution in [2.45, 2.75) is 6.54 Å². The smallest absolute Gasteiger partial charge is 0.165 e. The molecule has 0 radical (unpaired) electrons. The summed E-state index contributed by atoms with van der Waals surface area (Å²) in [5, 5.41) is 9.44. The standard InChI is InChI=1S/C19H19ClFN3O/c1-25-19-5-2-14(10-18(19)21)13-23-6-8-24(9-7-23)16-4-3-15(12-22)17(20)11-16/h2-5,10-11H,6-9,13H2,1H3. The zero-order valence-electron chi connectivity index (χ0n) is 14.0. The van der Waals surface area contributed by atoms with Gasteiger partial charge in [0.05, 0.1) is 17.7 Å². The molecule has 1 fully saturated rings. The molecule has 130 valence electrons. The predicted molar refractivity (Wildman–Crippen MR) is 96.6 cm³/mol. The van der Waals surface area contributed by atoms with Crippen LogP contribution < -0.4 is 9.64 Å². The Hall–Kier alpha value is -2.29. The van der Waals surface area contributed by atoms with Gasteiger partial charge in [-0.1, -0.05) is 17.7 Å². The maximum atomic E-state index is 13.8. The highest BCUT2D eigenvalue weighted by molar-refractivity contribution is 6.32. The molecule has 0 saturated carbocycles. The van der Waals surface area contributed by atoms with Crippen LogP contribution in [0.25, 0.3) is 0 Å². The van der Waals surface area contributed by atoms with Gasteiger partial charge in [0.1, 0.15) is 6.07 Å². The number of nitrogens with zero attached hydrogens (tertiary/aromatic N) is 3. The van der Waals surface area contributed by atoms with Crippen molar-refractivity contribution in [3.8, 4) is 11.8 Å². The average molecular weight is 360 g/mol. The number of anilines is 1. The monoisotopic (exact) mass is 359 g/mol. The molecule has 4 nitrogen and oxygen atoms in total. The number of piperazine rings is 1. The van der Waals surface area contributed by atoms with Crippen molar-refractivity contribution in [2.24, 2.45) is 0 Å². The van der Waals surface area contributed by atoms with Crippen LogP contribution in [0.2, 0.25) is 5.02 Å². The zero-order valence-corrected chi connectivity index (χ0v) is 14.8. The number of ether oxygens (including phenoxy) is 1. The van der Waals surface area contributed by atoms with E-state index in [1.807, 2.05) is 18.2 Å². The van der Waals surface area contributed by atoms with Gasteiger partial charge in [-0.3, -0.25) is 4.90 Å². The molecule has 0 atom stereocenters. The predicted octanol–water partition coefficient (Wildman–Crippen LogP) is 3.68. The first-order valence-electron chi connectivity index (χ1n) is 8.10. The number of methoxy groups -OCH3 is 1. The van der Waals surface area contributed by atoms with Gasteiger partial charge in [0.15, 0.2) is 11.6 Å². The lowest BCUT2D eigenvalue weighted by atomic mass is 10.1. The number of nitriles is 1. The van der Waals surface area contributed by atoms with Gasteiger partial charge in [-0.25, -0.2) is 4.39 Å². The Balaban J connectivity index is 1.59. The summed E-state index contributed by atoms with van der Waals surface area (Å²) in [6.07, 6.45) is 0. The molecule has 6 heteroatoms. The fraction of sp³-hybridized carbons (Fsp3) is 0.316. The van der Waals surface area contributed by atoms with Gasteiger partial charge in [0.2, 0.25) is 0 Å². The summed E-state index contributed by atoms with van der Waals surface area (Å²) in [7, 11) is 1.46. The molecular formula is C19H19ClFN3O. The minimum absolute atomic E-state index is 0.270. The maximum absolute atomic E-state index is 13.8. The minimum Gasteiger partial charge on any atom is -0.494 e. The topological polar surface area (TPSA) is 39.5 Å². The minimum atomic E-state index is -0.328. The van der Waals surface area contributed by atoms with Crippen LogP contribution in [0.4, 0.5) is 10.1 Å². The molecule has 1 saturated heterocycles. The van der Waals surface area contributed by atoms with E-state index in [9.17, 15) is 4.39 Å². The normalized spacial score (nSPS) is 15.0. The Morgan fingerprint density at radius 1 is 1.16 bits per heavy atom. The number of rotatable bonds is 4. The SMILES string of the molecule is COc1ccc(CN2CCN(c3ccc(C#N)c(Cl)c3)CC2)cc1F. The molecule has 25 heavy (non-hydrogen) atoms. The van der Waals surface area contributed by atoms with E-state index in [0.717, 1.165) is 37.4 Å². The molecule has 1 aliphatic heterocycles. The van der Waals surface area contributed by atoms with Crippen LogP contribution in [0.5, 0.6) is 5.75 Å². The second-order valence-electron chi connectivity index (χ2n) is 6.01. The van der Waals surface area contributed by atoms with Crippen LogP contribution in [-0.4, -0.2) is 38.2 Å². The van der Waals surface area contributed by atoms with E-state index in [0.29, 0.717) is 17.1 Å². The molecular weight excluding hydrogens is 341 g/mol. The Morgan fingerprint density at radius 3 is 2.52 bits per heavy atom. The molecule has 0 unspecified atom stereocenters. The van der Waals surface area contributed by atoms with Crippen molar-refractivity contribution in [2.75, 3.05) is 38.2 Å². The molecule has 0 bridgehead atoms. The summed E-state index contributed by atoms with van der Waals surface area (Å²) in [5.74, 6) is -0.0582. The Kier molecular flexibility index (Phi) is 5.42. The third kappa shape index (κ3) is 4.04. The van der Waals surface area contributed by atoms with Crippen LogP contribution >= 0.6 is 11.6 Å². The summed E-state index contributed by atoms with van der Waals surface area (Å²) in [6.45, 7) is 4.20. The molecule has 0 aliphatic carbocycles. The van der Waals surface area contributed by atoms with Crippen LogP contribution in [0.1, 0.15) is 11.1 Å². The molecule has 2 aromatic carbocycles. The van der Waals surface area contributed by atoms with E-state index in [1.54, 1.807) is 12.1 Å². The van der Waals surface area contributed by atoms with E-state index < -0.39 is 0 Å². The average Bonchev–Trinajstić information content (AvgIpc) is 2.62. The fourth-order valence-corrected chi connectivity index (χ4v) is 3.24. The summed E-state index contributed by atoms with van der Waals surface area (Å²) >= 11 is 6.12. The second-order valence-corrected chi connectivity index (χ2v) is 6.42. The fourth-order valence-electron chi connectivity index (χ4n) is 3.02. The molecule has 0 N–H and O–H groups in total. The van der Waals surface area contributed by atoms with Gasteiger partial charge in [-0.15, -0.1) is 0 Å². The summed E-state index contributed by atoms with van der Waals surface area (Å²) in [6, 6.07) is 12.7. The molecule has 0 amide bonds. The van der Waals surface area contributed by atoms with Crippen LogP contribution in [0.3, 0.4) is 0 Å². The zero-order chi connectivity index (χ0) is 17.8. The highest BCUT2D eigenvalue weighted by Crippen LogP contribution is 2.25. The van der Waals surface area contributed by atoms with Gasteiger partial charge in [0, 0.05) is 38.4 Å². The highest BCUT2D eigenvalue weighted by Gasteiger charge is 2.18. The lowest BCUT2D eigenvalue weighted by molar-refractivity contribution is 0.249. The first kappa shape index (κ1) is 17.5. The second kappa shape index (κ2) is 7.73. The molecule has 1 aliphatic rings. The lowest BCUT2D eigenvalue weighted by Crippen LogP contribution is -2.46. The van der Waals surface area contributed by atoms with E-state index in [-0.39, 0.29) is 11.6 Å². The first-order valence-corrected chi connectivity index (χ1v) is 8.48. The van der Waals surface area contributed by atoms with Gasteiger partial charge in [-0.2, -0.15) is 5.26 Å². The van der Waals surface area contributed by atoms with E-state index in [1.165, 1.54) is 13.2 Å². The quantitative estimate of drug-likeness (QED) is 0.834. The van der Waals surface area contributed by atoms with Gasteiger partial charge >= 0.3 is 0 Å². The first-order chi connectivity index (χ1) is 12.1. The van der Waals surface area contributed by atoms with Crippen LogP contribution in [-0.2, 0) is 6.54 Å². The van der Waals surface area contributed by atoms with Crippen molar-refractivity contribution >= 4 is 17.3 Å². The van der Waals surface area contributed by atoms with Crippen LogP contribution in [0, 0.1) is 17.1 Å². The van der Waals surface area contributed by atoms with E-state index in [4.69, 9.17) is 21.6 Å². The van der Waals surface area contributed by atoms with Crippen molar-refractivity contribution in [3.05, 3.63) is 58.4 Å². The molecule has 3 rings (SSSR count). The third-order valence-corrected chi connectivity index (χ3v) is 4.75. The Bertz CT molecular complexity index is 798. The molecule has 2 aromatic rings. The number of hydrogen-bond donors (Lipinski definition) is 0. The van der Waals surface area contributed by atoms with E-state index >= 15 is 0 Å². The maximum Gasteiger partial charge on any atom is 0.165 e. The third-order valence-electron chi connectivity index (χ3n) is 4.43. The summed E-state index contributed by atoms with van der Waals surface area (Å²) < 4.78 is 18.8. The number of hydrogen-bond acceptors (Lipinski definition) is 4. The largest absolute Gasteiger partial charge is 0.494 e. The van der Waals surface area contributed by atoms with Gasteiger partial charge in [0.25, 0.3) is 0 Å². The molecule has 0 spiro atoms. The van der Waals surface area contributed by atoms with Crippen LogP contribution in [0.15, 0.2) is 36.4 Å². The Labute approximate surface area is 152 Å². The highest BCUT2D eigenvalue weighted by atomic mass is 35.5. The Morgan fingerprint density at radius 2 is 1.92 bits per heavy atom. The van der Waals surface area contributed by atoms with E-state index in [2.05, 4.69) is 15.9 Å². The van der Waals surface area contributed by atoms with Gasteiger partial charge in [-0.05, 0) is 35.9 Å². The lowest BCUT2D eigenvalue weighted by Gasteiger charge is -2.36. The number of halogens is 2.